The van der Waals surface area contributed by atoms with Gasteiger partial charge in [-0.15, -0.1) is 0 Å². The van der Waals surface area contributed by atoms with Crippen molar-refractivity contribution in [1.29, 1.82) is 0 Å². The fourth-order valence-corrected chi connectivity index (χ4v) is 2.24. The minimum atomic E-state index is -0.738. The van der Waals surface area contributed by atoms with Crippen molar-refractivity contribution >= 4 is 5.97 Å². The Labute approximate surface area is 99.6 Å². The van der Waals surface area contributed by atoms with Crippen LogP contribution in [0.2, 0.25) is 0 Å². The lowest BCUT2D eigenvalue weighted by Gasteiger charge is -2.33. The van der Waals surface area contributed by atoms with Crippen LogP contribution in [0, 0.1) is 11.8 Å². The summed E-state index contributed by atoms with van der Waals surface area (Å²) in [5.41, 5.74) is -0.738. The van der Waals surface area contributed by atoms with E-state index >= 15 is 0 Å². The van der Waals surface area contributed by atoms with Crippen LogP contribution in [-0.2, 0) is 4.79 Å². The summed E-state index contributed by atoms with van der Waals surface area (Å²) in [6, 6.07) is 0. The summed E-state index contributed by atoms with van der Waals surface area (Å²) in [5.74, 6) is 0.0711. The SMILES string of the molecule is CCCNC(CC(C)C)(CC(C)C)C(=O)O. The first kappa shape index (κ1) is 15.4. The monoisotopic (exact) mass is 229 g/mol. The van der Waals surface area contributed by atoms with Gasteiger partial charge in [-0.2, -0.15) is 0 Å². The Hall–Kier alpha value is -0.570. The third kappa shape index (κ3) is 4.97. The molecule has 3 heteroatoms. The lowest BCUT2D eigenvalue weighted by atomic mass is 9.81. The highest BCUT2D eigenvalue weighted by Gasteiger charge is 2.38. The molecule has 3 nitrogen and oxygen atoms in total. The molecule has 0 saturated heterocycles. The second-order valence-electron chi connectivity index (χ2n) is 5.51. The normalized spacial score (nSPS) is 12.4. The number of hydrogen-bond donors (Lipinski definition) is 2. The van der Waals surface area contributed by atoms with Crippen molar-refractivity contribution in [2.24, 2.45) is 11.8 Å². The van der Waals surface area contributed by atoms with Gasteiger partial charge in [-0.25, -0.2) is 0 Å². The zero-order chi connectivity index (χ0) is 12.8. The molecule has 0 radical (unpaired) electrons. The van der Waals surface area contributed by atoms with E-state index in [1.165, 1.54) is 0 Å². The van der Waals surface area contributed by atoms with Crippen LogP contribution < -0.4 is 5.32 Å². The van der Waals surface area contributed by atoms with E-state index in [0.29, 0.717) is 24.7 Å². The van der Waals surface area contributed by atoms with Crippen LogP contribution in [0.3, 0.4) is 0 Å². The Bertz CT molecular complexity index is 202. The van der Waals surface area contributed by atoms with Gasteiger partial charge in [0.25, 0.3) is 0 Å². The van der Waals surface area contributed by atoms with Gasteiger partial charge in [0, 0.05) is 0 Å². The van der Waals surface area contributed by atoms with Crippen LogP contribution in [0.1, 0.15) is 53.9 Å². The van der Waals surface area contributed by atoms with E-state index in [1.807, 2.05) is 0 Å². The lowest BCUT2D eigenvalue weighted by Crippen LogP contribution is -2.54. The molecule has 0 aliphatic heterocycles. The molecule has 0 fully saturated rings. The smallest absolute Gasteiger partial charge is 0.323 e. The predicted molar refractivity (Wildman–Crippen MR) is 67.6 cm³/mol. The van der Waals surface area contributed by atoms with E-state index in [0.717, 1.165) is 13.0 Å². The van der Waals surface area contributed by atoms with Crippen LogP contribution in [0.5, 0.6) is 0 Å². The van der Waals surface area contributed by atoms with Gasteiger partial charge in [-0.1, -0.05) is 34.6 Å². The largest absolute Gasteiger partial charge is 0.480 e. The van der Waals surface area contributed by atoms with E-state index in [4.69, 9.17) is 0 Å². The molecular formula is C13H27NO2. The molecule has 0 aromatic carbocycles. The number of aliphatic carboxylic acids is 1. The van der Waals surface area contributed by atoms with Gasteiger partial charge in [0.15, 0.2) is 0 Å². The Kier molecular flexibility index (Phi) is 6.65. The van der Waals surface area contributed by atoms with Gasteiger partial charge < -0.3 is 10.4 Å². The van der Waals surface area contributed by atoms with Gasteiger partial charge in [-0.3, -0.25) is 4.79 Å². The average Bonchev–Trinajstić information content (AvgIpc) is 2.11. The molecule has 0 amide bonds. The maximum atomic E-state index is 11.5. The lowest BCUT2D eigenvalue weighted by molar-refractivity contribution is -0.146. The van der Waals surface area contributed by atoms with E-state index in [-0.39, 0.29) is 0 Å². The first-order valence-corrected chi connectivity index (χ1v) is 6.32. The summed E-state index contributed by atoms with van der Waals surface area (Å²) in [7, 11) is 0. The molecule has 0 aromatic rings. The molecule has 0 unspecified atom stereocenters. The minimum absolute atomic E-state index is 0.388. The molecule has 0 aliphatic carbocycles. The van der Waals surface area contributed by atoms with Crippen molar-refractivity contribution in [2.75, 3.05) is 6.54 Å². The van der Waals surface area contributed by atoms with Crippen molar-refractivity contribution < 1.29 is 9.90 Å². The number of carboxylic acids is 1. The van der Waals surface area contributed by atoms with Gasteiger partial charge in [-0.05, 0) is 37.6 Å². The van der Waals surface area contributed by atoms with Crippen molar-refractivity contribution in [3.63, 3.8) is 0 Å². The predicted octanol–water partition coefficient (Wildman–Crippen LogP) is 2.90. The molecule has 0 rings (SSSR count). The first-order chi connectivity index (χ1) is 7.34. The van der Waals surface area contributed by atoms with Crippen molar-refractivity contribution in [1.82, 2.24) is 5.32 Å². The molecule has 96 valence electrons. The third-order valence-electron chi connectivity index (χ3n) is 2.64. The van der Waals surface area contributed by atoms with E-state index < -0.39 is 11.5 Å². The van der Waals surface area contributed by atoms with Crippen LogP contribution in [0.25, 0.3) is 0 Å². The van der Waals surface area contributed by atoms with Crippen LogP contribution >= 0.6 is 0 Å². The highest BCUT2D eigenvalue weighted by atomic mass is 16.4. The van der Waals surface area contributed by atoms with E-state index in [2.05, 4.69) is 39.9 Å². The fraction of sp³-hybridized carbons (Fsp3) is 0.923. The Balaban J connectivity index is 4.81. The molecule has 0 aromatic heterocycles. The summed E-state index contributed by atoms with van der Waals surface area (Å²) in [6.07, 6.45) is 2.35. The topological polar surface area (TPSA) is 49.3 Å². The number of hydrogen-bond acceptors (Lipinski definition) is 2. The van der Waals surface area contributed by atoms with Crippen molar-refractivity contribution in [2.45, 2.75) is 59.4 Å². The summed E-state index contributed by atoms with van der Waals surface area (Å²) >= 11 is 0. The van der Waals surface area contributed by atoms with Crippen molar-refractivity contribution in [3.8, 4) is 0 Å². The molecule has 0 heterocycles. The fourth-order valence-electron chi connectivity index (χ4n) is 2.24. The summed E-state index contributed by atoms with van der Waals surface area (Å²) in [6.45, 7) is 11.1. The molecule has 0 aliphatic rings. The van der Waals surface area contributed by atoms with Crippen LogP contribution in [0.4, 0.5) is 0 Å². The maximum absolute atomic E-state index is 11.5. The third-order valence-corrected chi connectivity index (χ3v) is 2.64. The quantitative estimate of drug-likeness (QED) is 0.673. The number of carboxylic acid groups (broad SMARTS) is 1. The second kappa shape index (κ2) is 6.89. The molecule has 2 N–H and O–H groups in total. The number of carbonyl (C=O) groups is 1. The second-order valence-corrected chi connectivity index (χ2v) is 5.51. The highest BCUT2D eigenvalue weighted by molar-refractivity contribution is 5.78. The summed E-state index contributed by atoms with van der Waals surface area (Å²) in [5, 5.41) is 12.7. The Morgan fingerprint density at radius 1 is 1.19 bits per heavy atom. The zero-order valence-corrected chi connectivity index (χ0v) is 11.3. The average molecular weight is 229 g/mol. The standard InChI is InChI=1S/C13H27NO2/c1-6-7-14-13(12(15)16,8-10(2)3)9-11(4)5/h10-11,14H,6-9H2,1-5H3,(H,15,16). The molecule has 0 spiro atoms. The van der Waals surface area contributed by atoms with E-state index in [9.17, 15) is 9.90 Å². The summed E-state index contributed by atoms with van der Waals surface area (Å²) < 4.78 is 0. The minimum Gasteiger partial charge on any atom is -0.480 e. The molecule has 0 saturated carbocycles. The number of nitrogens with one attached hydrogen (secondary N) is 1. The first-order valence-electron chi connectivity index (χ1n) is 6.32. The molecule has 0 bridgehead atoms. The van der Waals surface area contributed by atoms with Crippen molar-refractivity contribution in [3.05, 3.63) is 0 Å². The highest BCUT2D eigenvalue weighted by Crippen LogP contribution is 2.25. The van der Waals surface area contributed by atoms with Gasteiger partial charge in [0.1, 0.15) is 5.54 Å². The van der Waals surface area contributed by atoms with Gasteiger partial charge in [0.05, 0.1) is 0 Å². The van der Waals surface area contributed by atoms with E-state index in [1.54, 1.807) is 0 Å². The van der Waals surface area contributed by atoms with Gasteiger partial charge >= 0.3 is 5.97 Å². The number of rotatable bonds is 8. The molecule has 0 atom stereocenters. The zero-order valence-electron chi connectivity index (χ0n) is 11.3. The Morgan fingerprint density at radius 2 is 1.62 bits per heavy atom. The summed E-state index contributed by atoms with van der Waals surface area (Å²) in [4.78, 5) is 11.5. The van der Waals surface area contributed by atoms with Crippen LogP contribution in [0.15, 0.2) is 0 Å². The molecular weight excluding hydrogens is 202 g/mol. The van der Waals surface area contributed by atoms with Crippen LogP contribution in [-0.4, -0.2) is 23.2 Å². The maximum Gasteiger partial charge on any atom is 0.323 e. The molecule has 16 heavy (non-hydrogen) atoms. The van der Waals surface area contributed by atoms with Gasteiger partial charge in [0.2, 0.25) is 0 Å². The Morgan fingerprint density at radius 3 is 1.88 bits per heavy atom.